The van der Waals surface area contributed by atoms with Crippen LogP contribution < -0.4 is 5.56 Å². The fourth-order valence-corrected chi connectivity index (χ4v) is 3.48. The fraction of sp³-hybridized carbons (Fsp3) is 0.200. The minimum Gasteiger partial charge on any atom is -0.504 e. The summed E-state index contributed by atoms with van der Waals surface area (Å²) in [6.07, 6.45) is 0.531. The van der Waals surface area contributed by atoms with E-state index in [2.05, 4.69) is 9.97 Å². The Kier molecular flexibility index (Phi) is 4.70. The van der Waals surface area contributed by atoms with Gasteiger partial charge in [0.1, 0.15) is 5.82 Å². The van der Waals surface area contributed by atoms with Crippen LogP contribution in [0.5, 0.6) is 17.2 Å². The number of hydrogen-bond acceptors (Lipinski definition) is 6. The largest absolute Gasteiger partial charge is 0.504 e. The number of phenols is 3. The van der Waals surface area contributed by atoms with Crippen LogP contribution in [-0.2, 0) is 19.5 Å². The zero-order chi connectivity index (χ0) is 19.8. The fourth-order valence-electron chi connectivity index (χ4n) is 3.35. The molecule has 1 aliphatic heterocycles. The molecule has 0 amide bonds. The summed E-state index contributed by atoms with van der Waals surface area (Å²) in [7, 11) is 0. The number of aromatic hydroxyl groups is 3. The minimum atomic E-state index is -0.533. The van der Waals surface area contributed by atoms with Crippen molar-refractivity contribution in [3.05, 3.63) is 68.6 Å². The number of halogens is 1. The summed E-state index contributed by atoms with van der Waals surface area (Å²) in [6, 6.07) is 9.97. The van der Waals surface area contributed by atoms with Crippen molar-refractivity contribution in [3.63, 3.8) is 0 Å². The maximum Gasteiger partial charge on any atom is 0.254 e. The van der Waals surface area contributed by atoms with Crippen LogP contribution in [0, 0.1) is 0 Å². The number of nitrogens with one attached hydrogen (secondary N) is 1. The topological polar surface area (TPSA) is 110 Å². The second-order valence-corrected chi connectivity index (χ2v) is 7.18. The summed E-state index contributed by atoms with van der Waals surface area (Å²) in [5, 5.41) is 29.8. The van der Waals surface area contributed by atoms with Gasteiger partial charge < -0.3 is 20.3 Å². The predicted octanol–water partition coefficient (Wildman–Crippen LogP) is 2.77. The lowest BCUT2D eigenvalue weighted by Gasteiger charge is -2.28. The number of benzene rings is 2. The number of nitrogens with zero attached hydrogens (tertiary/aromatic N) is 2. The minimum absolute atomic E-state index is 0.153. The van der Waals surface area contributed by atoms with Gasteiger partial charge in [-0.15, -0.1) is 0 Å². The van der Waals surface area contributed by atoms with Crippen LogP contribution in [0.2, 0.25) is 5.02 Å². The van der Waals surface area contributed by atoms with E-state index in [1.54, 1.807) is 30.3 Å². The van der Waals surface area contributed by atoms with Crippen LogP contribution >= 0.6 is 11.6 Å². The Balaban J connectivity index is 1.62. The van der Waals surface area contributed by atoms with Crippen molar-refractivity contribution in [2.24, 2.45) is 0 Å². The first-order valence-corrected chi connectivity index (χ1v) is 9.13. The van der Waals surface area contributed by atoms with Crippen molar-refractivity contribution >= 4 is 11.6 Å². The molecule has 0 bridgehead atoms. The van der Waals surface area contributed by atoms with Gasteiger partial charge in [0.05, 0.1) is 5.69 Å². The van der Waals surface area contributed by atoms with Gasteiger partial charge in [-0.05, 0) is 36.8 Å². The maximum atomic E-state index is 12.5. The summed E-state index contributed by atoms with van der Waals surface area (Å²) in [6.45, 7) is 1.39. The second-order valence-electron chi connectivity index (χ2n) is 6.75. The summed E-state index contributed by atoms with van der Waals surface area (Å²) < 4.78 is 0. The maximum absolute atomic E-state index is 12.5. The first kappa shape index (κ1) is 18.3. The van der Waals surface area contributed by atoms with Gasteiger partial charge in [0, 0.05) is 41.3 Å². The van der Waals surface area contributed by atoms with E-state index in [-0.39, 0.29) is 17.1 Å². The van der Waals surface area contributed by atoms with Crippen LogP contribution in [0.4, 0.5) is 0 Å². The van der Waals surface area contributed by atoms with Gasteiger partial charge in [-0.25, -0.2) is 4.98 Å². The lowest BCUT2D eigenvalue weighted by molar-refractivity contribution is 0.236. The SMILES string of the molecule is O=c1[nH]c(-c2ccc(Cl)cc2)nc2c1CCN(Cc1ccc(O)c(O)c1O)C2. The molecule has 4 rings (SSSR count). The van der Waals surface area contributed by atoms with Gasteiger partial charge in [0.15, 0.2) is 11.5 Å². The van der Waals surface area contributed by atoms with Crippen molar-refractivity contribution in [1.82, 2.24) is 14.9 Å². The van der Waals surface area contributed by atoms with Gasteiger partial charge in [-0.1, -0.05) is 17.7 Å². The Morgan fingerprint density at radius 3 is 2.57 bits per heavy atom. The van der Waals surface area contributed by atoms with E-state index in [0.29, 0.717) is 53.7 Å². The molecule has 0 fully saturated rings. The molecule has 3 aromatic rings. The predicted molar refractivity (Wildman–Crippen MR) is 105 cm³/mol. The van der Waals surface area contributed by atoms with Gasteiger partial charge in [-0.2, -0.15) is 0 Å². The van der Waals surface area contributed by atoms with Gasteiger partial charge in [0.25, 0.3) is 5.56 Å². The highest BCUT2D eigenvalue weighted by molar-refractivity contribution is 6.30. The van der Waals surface area contributed by atoms with E-state index in [1.807, 2.05) is 4.90 Å². The molecule has 2 aromatic carbocycles. The van der Waals surface area contributed by atoms with Crippen LogP contribution in [-0.4, -0.2) is 36.7 Å². The number of fused-ring (bicyclic) bond motifs is 1. The van der Waals surface area contributed by atoms with Gasteiger partial charge in [-0.3, -0.25) is 9.69 Å². The van der Waals surface area contributed by atoms with E-state index in [9.17, 15) is 20.1 Å². The highest BCUT2D eigenvalue weighted by atomic mass is 35.5. The second kappa shape index (κ2) is 7.18. The third-order valence-corrected chi connectivity index (χ3v) is 5.13. The molecule has 0 unspecified atom stereocenters. The highest BCUT2D eigenvalue weighted by Gasteiger charge is 2.23. The van der Waals surface area contributed by atoms with Gasteiger partial charge in [0.2, 0.25) is 5.75 Å². The lowest BCUT2D eigenvalue weighted by atomic mass is 10.0. The van der Waals surface area contributed by atoms with E-state index in [0.717, 1.165) is 5.56 Å². The number of hydrogen-bond donors (Lipinski definition) is 4. The third kappa shape index (κ3) is 3.42. The molecule has 0 radical (unpaired) electrons. The van der Waals surface area contributed by atoms with Crippen molar-refractivity contribution < 1.29 is 15.3 Å². The number of aromatic nitrogens is 2. The van der Waals surface area contributed by atoms with Crippen LogP contribution in [0.1, 0.15) is 16.8 Å². The van der Waals surface area contributed by atoms with Crippen LogP contribution in [0.3, 0.4) is 0 Å². The molecule has 0 atom stereocenters. The Morgan fingerprint density at radius 2 is 1.82 bits per heavy atom. The van der Waals surface area contributed by atoms with Crippen LogP contribution in [0.15, 0.2) is 41.2 Å². The summed E-state index contributed by atoms with van der Waals surface area (Å²) in [5.41, 5.74) is 2.44. The standard InChI is InChI=1S/C20H18ClN3O4/c21-13-4-1-11(2-5-13)19-22-15-10-24(8-7-14(15)20(28)23-19)9-12-3-6-16(25)18(27)17(12)26/h1-6,25-27H,7-10H2,(H,22,23,28). The molecule has 0 aliphatic carbocycles. The molecule has 0 saturated heterocycles. The monoisotopic (exact) mass is 399 g/mol. The quantitative estimate of drug-likeness (QED) is 0.504. The van der Waals surface area contributed by atoms with E-state index < -0.39 is 5.75 Å². The molecule has 7 nitrogen and oxygen atoms in total. The van der Waals surface area contributed by atoms with Crippen molar-refractivity contribution in [1.29, 1.82) is 0 Å². The van der Waals surface area contributed by atoms with E-state index in [4.69, 9.17) is 11.6 Å². The average molecular weight is 400 g/mol. The molecule has 28 heavy (non-hydrogen) atoms. The zero-order valence-electron chi connectivity index (χ0n) is 14.8. The molecule has 8 heteroatoms. The van der Waals surface area contributed by atoms with Crippen molar-refractivity contribution in [2.45, 2.75) is 19.5 Å². The molecule has 4 N–H and O–H groups in total. The summed E-state index contributed by atoms with van der Waals surface area (Å²) in [5.74, 6) is -0.764. The van der Waals surface area contributed by atoms with Crippen molar-refractivity contribution in [3.8, 4) is 28.6 Å². The average Bonchev–Trinajstić information content (AvgIpc) is 2.69. The van der Waals surface area contributed by atoms with E-state index >= 15 is 0 Å². The molecular weight excluding hydrogens is 382 g/mol. The Labute approximate surface area is 165 Å². The molecule has 2 heterocycles. The molecule has 1 aromatic heterocycles. The normalized spacial score (nSPS) is 14.0. The number of rotatable bonds is 3. The Morgan fingerprint density at radius 1 is 1.07 bits per heavy atom. The molecule has 144 valence electrons. The van der Waals surface area contributed by atoms with Crippen LogP contribution in [0.25, 0.3) is 11.4 Å². The Hall–Kier alpha value is -3.03. The first-order valence-electron chi connectivity index (χ1n) is 8.75. The first-order chi connectivity index (χ1) is 13.4. The number of phenolic OH excluding ortho intramolecular Hbond substituents is 3. The molecule has 0 spiro atoms. The van der Waals surface area contributed by atoms with E-state index in [1.165, 1.54) is 6.07 Å². The van der Waals surface area contributed by atoms with Gasteiger partial charge >= 0.3 is 0 Å². The number of aromatic amines is 1. The summed E-state index contributed by atoms with van der Waals surface area (Å²) >= 11 is 5.92. The smallest absolute Gasteiger partial charge is 0.254 e. The van der Waals surface area contributed by atoms with Crippen molar-refractivity contribution in [2.75, 3.05) is 6.54 Å². The molecular formula is C20H18ClN3O4. The third-order valence-electron chi connectivity index (χ3n) is 4.88. The molecule has 1 aliphatic rings. The lowest BCUT2D eigenvalue weighted by Crippen LogP contribution is -2.35. The highest BCUT2D eigenvalue weighted by Crippen LogP contribution is 2.37. The number of H-pyrrole nitrogens is 1. The molecule has 0 saturated carbocycles. The zero-order valence-corrected chi connectivity index (χ0v) is 15.6. The Bertz CT molecular complexity index is 1100. The summed E-state index contributed by atoms with van der Waals surface area (Å²) in [4.78, 5) is 22.0.